The molecule has 2 unspecified atom stereocenters. The molecular weight excluding hydrogens is 324 g/mol. The van der Waals surface area contributed by atoms with Crippen molar-refractivity contribution in [1.82, 2.24) is 0 Å². The van der Waals surface area contributed by atoms with E-state index in [1.165, 1.54) is 21.9 Å². The summed E-state index contributed by atoms with van der Waals surface area (Å²) in [6, 6.07) is 12.9. The lowest BCUT2D eigenvalue weighted by molar-refractivity contribution is -0.121. The third-order valence-electron chi connectivity index (χ3n) is 5.25. The standard InChI is InChI=1S/C18H16O.C5H6S/c19-14-8-5-13-7-9-16-15-4-2-1-3-12(15)6-10-17(16)18(13)11-14;1-2-4-6-5-3-1/h1-4,6-7,9-10,13,18H,5,8,11H2;1-4H,5H2. The molecule has 1 fully saturated rings. The van der Waals surface area contributed by atoms with Crippen LogP contribution in [0.3, 0.4) is 0 Å². The third kappa shape index (κ3) is 3.50. The number of fused-ring (bicyclic) bond motifs is 5. The van der Waals surface area contributed by atoms with Crippen molar-refractivity contribution in [2.45, 2.75) is 25.2 Å². The Bertz CT molecular complexity index is 863. The van der Waals surface area contributed by atoms with Crippen LogP contribution >= 0.6 is 11.8 Å². The van der Waals surface area contributed by atoms with Crippen LogP contribution in [0.4, 0.5) is 0 Å². The van der Waals surface area contributed by atoms with Crippen LogP contribution in [0.25, 0.3) is 16.8 Å². The molecule has 126 valence electrons. The second-order valence-corrected chi connectivity index (χ2v) is 7.73. The van der Waals surface area contributed by atoms with Gasteiger partial charge in [0.05, 0.1) is 0 Å². The molecule has 0 aromatic heterocycles. The number of Topliss-reactive ketones (excluding diaryl/α,β-unsaturated/α-hetero) is 1. The Kier molecular flexibility index (Phi) is 4.89. The van der Waals surface area contributed by atoms with Gasteiger partial charge in [-0.2, -0.15) is 0 Å². The fraction of sp³-hybridized carbons (Fsp3) is 0.261. The molecule has 2 heteroatoms. The molecule has 1 nitrogen and oxygen atoms in total. The van der Waals surface area contributed by atoms with Crippen LogP contribution in [0.1, 0.15) is 36.3 Å². The zero-order chi connectivity index (χ0) is 17.1. The van der Waals surface area contributed by atoms with Crippen molar-refractivity contribution in [3.63, 3.8) is 0 Å². The maximum absolute atomic E-state index is 11.8. The van der Waals surface area contributed by atoms with Crippen LogP contribution in [0, 0.1) is 5.92 Å². The van der Waals surface area contributed by atoms with E-state index in [4.69, 9.17) is 0 Å². The Labute approximate surface area is 153 Å². The normalized spacial score (nSPS) is 23.6. The van der Waals surface area contributed by atoms with Gasteiger partial charge < -0.3 is 0 Å². The average molecular weight is 346 g/mol. The number of allylic oxidation sites excluding steroid dienone is 3. The average Bonchev–Trinajstić information content (AvgIpc) is 2.69. The smallest absolute Gasteiger partial charge is 0.133 e. The van der Waals surface area contributed by atoms with Gasteiger partial charge in [-0.1, -0.05) is 66.8 Å². The van der Waals surface area contributed by atoms with E-state index in [1.54, 1.807) is 0 Å². The highest BCUT2D eigenvalue weighted by atomic mass is 32.2. The van der Waals surface area contributed by atoms with Gasteiger partial charge in [0, 0.05) is 18.6 Å². The lowest BCUT2D eigenvalue weighted by Crippen LogP contribution is -2.24. The molecule has 2 aromatic carbocycles. The molecule has 3 aliphatic rings. The van der Waals surface area contributed by atoms with Crippen LogP contribution in [-0.2, 0) is 4.79 Å². The second-order valence-electron chi connectivity index (χ2n) is 6.79. The molecule has 5 rings (SSSR count). The van der Waals surface area contributed by atoms with Crippen molar-refractivity contribution in [3.8, 4) is 0 Å². The quantitative estimate of drug-likeness (QED) is 0.571. The number of hydrogen-bond acceptors (Lipinski definition) is 2. The lowest BCUT2D eigenvalue weighted by atomic mass is 9.70. The van der Waals surface area contributed by atoms with E-state index in [1.807, 2.05) is 17.8 Å². The van der Waals surface area contributed by atoms with Crippen molar-refractivity contribution in [2.75, 3.05) is 5.75 Å². The molecule has 0 amide bonds. The van der Waals surface area contributed by atoms with Crippen LogP contribution in [0.15, 0.2) is 66.1 Å². The van der Waals surface area contributed by atoms with E-state index in [0.29, 0.717) is 17.6 Å². The maximum atomic E-state index is 11.8. The Balaban J connectivity index is 0.000000223. The lowest BCUT2D eigenvalue weighted by Gasteiger charge is -2.33. The van der Waals surface area contributed by atoms with E-state index in [9.17, 15) is 4.79 Å². The van der Waals surface area contributed by atoms with Gasteiger partial charge in [0.2, 0.25) is 0 Å². The van der Waals surface area contributed by atoms with E-state index >= 15 is 0 Å². The van der Waals surface area contributed by atoms with Gasteiger partial charge >= 0.3 is 0 Å². The minimum Gasteiger partial charge on any atom is -0.300 e. The van der Waals surface area contributed by atoms with E-state index in [2.05, 4.69) is 66.1 Å². The summed E-state index contributed by atoms with van der Waals surface area (Å²) in [6.45, 7) is 0. The number of carbonyl (C=O) groups is 1. The summed E-state index contributed by atoms with van der Waals surface area (Å²) in [4.78, 5) is 11.8. The zero-order valence-corrected chi connectivity index (χ0v) is 15.0. The predicted octanol–water partition coefficient (Wildman–Crippen LogP) is 6.12. The fourth-order valence-corrected chi connectivity index (χ4v) is 4.52. The van der Waals surface area contributed by atoms with Crippen molar-refractivity contribution in [1.29, 1.82) is 0 Å². The number of benzene rings is 2. The second kappa shape index (κ2) is 7.45. The Morgan fingerprint density at radius 2 is 1.96 bits per heavy atom. The third-order valence-corrected chi connectivity index (χ3v) is 5.98. The summed E-state index contributed by atoms with van der Waals surface area (Å²) >= 11 is 1.83. The van der Waals surface area contributed by atoms with Gasteiger partial charge in [0.1, 0.15) is 5.78 Å². The van der Waals surface area contributed by atoms with E-state index in [0.717, 1.165) is 25.0 Å². The number of thioether (sulfide) groups is 1. The largest absolute Gasteiger partial charge is 0.300 e. The van der Waals surface area contributed by atoms with Gasteiger partial charge in [-0.3, -0.25) is 4.79 Å². The molecule has 0 spiro atoms. The number of hydrogen-bond donors (Lipinski definition) is 0. The molecule has 0 bridgehead atoms. The summed E-state index contributed by atoms with van der Waals surface area (Å²) < 4.78 is 0. The molecule has 2 aromatic rings. The molecule has 2 aliphatic carbocycles. The summed E-state index contributed by atoms with van der Waals surface area (Å²) in [6.07, 6.45) is 13.4. The molecule has 25 heavy (non-hydrogen) atoms. The highest BCUT2D eigenvalue weighted by Crippen LogP contribution is 2.44. The van der Waals surface area contributed by atoms with E-state index < -0.39 is 0 Å². The van der Waals surface area contributed by atoms with Gasteiger partial charge in [-0.15, -0.1) is 11.8 Å². The van der Waals surface area contributed by atoms with Crippen LogP contribution in [0.2, 0.25) is 0 Å². The van der Waals surface area contributed by atoms with Crippen LogP contribution in [0.5, 0.6) is 0 Å². The molecule has 1 heterocycles. The molecule has 0 saturated heterocycles. The van der Waals surface area contributed by atoms with Crippen LogP contribution in [-0.4, -0.2) is 11.5 Å². The first-order chi connectivity index (χ1) is 12.3. The van der Waals surface area contributed by atoms with Gasteiger partial charge in [0.15, 0.2) is 0 Å². The first-order valence-corrected chi connectivity index (χ1v) is 10.0. The van der Waals surface area contributed by atoms with Gasteiger partial charge in [0.25, 0.3) is 0 Å². The maximum Gasteiger partial charge on any atom is 0.133 e. The van der Waals surface area contributed by atoms with Gasteiger partial charge in [-0.05, 0) is 45.6 Å². The highest BCUT2D eigenvalue weighted by molar-refractivity contribution is 8.02. The fourth-order valence-electron chi connectivity index (χ4n) is 3.99. The summed E-state index contributed by atoms with van der Waals surface area (Å²) in [7, 11) is 0. The van der Waals surface area contributed by atoms with Crippen LogP contribution < -0.4 is 0 Å². The first-order valence-electron chi connectivity index (χ1n) is 8.98. The molecular formula is C23H22OS. The van der Waals surface area contributed by atoms with E-state index in [-0.39, 0.29) is 0 Å². The summed E-state index contributed by atoms with van der Waals surface area (Å²) in [5.74, 6) is 2.55. The zero-order valence-electron chi connectivity index (χ0n) is 14.2. The monoisotopic (exact) mass is 346 g/mol. The van der Waals surface area contributed by atoms with Gasteiger partial charge in [-0.25, -0.2) is 0 Å². The number of ketones is 1. The van der Waals surface area contributed by atoms with Crippen molar-refractivity contribution in [3.05, 3.63) is 77.2 Å². The summed E-state index contributed by atoms with van der Waals surface area (Å²) in [5, 5.41) is 4.69. The topological polar surface area (TPSA) is 17.1 Å². The Hall–Kier alpha value is -2.06. The SMILES string of the molecule is C1=CCSC=C1.O=C1CCC2C=Cc3c(ccc4ccccc34)C2C1. The Morgan fingerprint density at radius 3 is 2.72 bits per heavy atom. The number of rotatable bonds is 0. The predicted molar refractivity (Wildman–Crippen MR) is 109 cm³/mol. The van der Waals surface area contributed by atoms with Crippen molar-refractivity contribution < 1.29 is 4.79 Å². The Morgan fingerprint density at radius 1 is 1.04 bits per heavy atom. The van der Waals surface area contributed by atoms with Crippen molar-refractivity contribution in [2.24, 2.45) is 5.92 Å². The molecule has 2 atom stereocenters. The molecule has 1 saturated carbocycles. The summed E-state index contributed by atoms with van der Waals surface area (Å²) in [5.41, 5.74) is 2.70. The molecule has 0 N–H and O–H groups in total. The molecule has 0 radical (unpaired) electrons. The molecule has 1 aliphatic heterocycles. The van der Waals surface area contributed by atoms with Crippen molar-refractivity contribution >= 4 is 34.4 Å². The number of carbonyl (C=O) groups excluding carboxylic acids is 1. The first kappa shape index (κ1) is 16.4. The minimum atomic E-state index is 0.408. The minimum absolute atomic E-state index is 0.408. The highest BCUT2D eigenvalue weighted by Gasteiger charge is 2.32.